The first kappa shape index (κ1) is 13.9. The van der Waals surface area contributed by atoms with Crippen LogP contribution in [0.5, 0.6) is 5.75 Å². The average Bonchev–Trinajstić information content (AvgIpc) is 2.43. The summed E-state index contributed by atoms with van der Waals surface area (Å²) in [6.45, 7) is 2.92. The summed E-state index contributed by atoms with van der Waals surface area (Å²) in [5.41, 5.74) is 2.66. The molecule has 0 heterocycles. The smallest absolute Gasteiger partial charge is 0.317 e. The van der Waals surface area contributed by atoms with Gasteiger partial charge in [0.25, 0.3) is 0 Å². The summed E-state index contributed by atoms with van der Waals surface area (Å²) in [6.07, 6.45) is 2.95. The van der Waals surface area contributed by atoms with Gasteiger partial charge in [-0.1, -0.05) is 13.0 Å². The minimum Gasteiger partial charge on any atom is -0.497 e. The summed E-state index contributed by atoms with van der Waals surface area (Å²) in [4.78, 5) is 12.9. The molecule has 0 aromatic heterocycles. The maximum absolute atomic E-state index is 10.9. The van der Waals surface area contributed by atoms with Gasteiger partial charge in [0, 0.05) is 6.04 Å². The van der Waals surface area contributed by atoms with Crippen LogP contribution < -0.4 is 4.74 Å². The number of aryl methyl sites for hydroxylation is 1. The molecular weight excluding hydrogens is 242 g/mol. The van der Waals surface area contributed by atoms with Crippen molar-refractivity contribution in [2.75, 3.05) is 20.2 Å². The molecule has 2 rings (SSSR count). The van der Waals surface area contributed by atoms with Gasteiger partial charge < -0.3 is 9.84 Å². The zero-order chi connectivity index (χ0) is 13.8. The predicted octanol–water partition coefficient (Wildman–Crippen LogP) is 1.96. The van der Waals surface area contributed by atoms with Crippen LogP contribution in [-0.2, 0) is 17.6 Å². The van der Waals surface area contributed by atoms with Gasteiger partial charge >= 0.3 is 5.97 Å². The Bertz CT molecular complexity index is 459. The van der Waals surface area contributed by atoms with Crippen LogP contribution >= 0.6 is 0 Å². The molecule has 1 unspecified atom stereocenters. The van der Waals surface area contributed by atoms with Gasteiger partial charge in [-0.3, -0.25) is 9.69 Å². The lowest BCUT2D eigenvalue weighted by Gasteiger charge is -2.33. The fourth-order valence-electron chi connectivity index (χ4n) is 2.83. The van der Waals surface area contributed by atoms with Crippen molar-refractivity contribution in [1.82, 2.24) is 4.90 Å². The van der Waals surface area contributed by atoms with E-state index in [4.69, 9.17) is 9.84 Å². The third-order valence-corrected chi connectivity index (χ3v) is 3.88. The Kier molecular flexibility index (Phi) is 4.43. The maximum atomic E-state index is 10.9. The molecule has 0 spiro atoms. The van der Waals surface area contributed by atoms with Gasteiger partial charge in [-0.15, -0.1) is 0 Å². The van der Waals surface area contributed by atoms with Gasteiger partial charge in [0.05, 0.1) is 13.7 Å². The highest BCUT2D eigenvalue weighted by Crippen LogP contribution is 2.27. The molecule has 0 aliphatic heterocycles. The van der Waals surface area contributed by atoms with Crippen molar-refractivity contribution in [2.45, 2.75) is 32.2 Å². The quantitative estimate of drug-likeness (QED) is 0.882. The number of hydrogen-bond donors (Lipinski definition) is 1. The van der Waals surface area contributed by atoms with E-state index in [9.17, 15) is 4.79 Å². The third-order valence-electron chi connectivity index (χ3n) is 3.88. The molecule has 1 aromatic carbocycles. The van der Waals surface area contributed by atoms with Gasteiger partial charge in [0.1, 0.15) is 5.75 Å². The maximum Gasteiger partial charge on any atom is 0.317 e. The summed E-state index contributed by atoms with van der Waals surface area (Å²) >= 11 is 0. The molecule has 0 fully saturated rings. The average molecular weight is 263 g/mol. The van der Waals surface area contributed by atoms with E-state index in [0.717, 1.165) is 31.6 Å². The predicted molar refractivity (Wildman–Crippen MR) is 73.7 cm³/mol. The Morgan fingerprint density at radius 2 is 2.26 bits per heavy atom. The molecule has 1 atom stereocenters. The minimum absolute atomic E-state index is 0.125. The summed E-state index contributed by atoms with van der Waals surface area (Å²) in [5.74, 6) is 0.124. The Balaban J connectivity index is 2.13. The molecule has 0 amide bonds. The van der Waals surface area contributed by atoms with Gasteiger partial charge in [0.2, 0.25) is 0 Å². The zero-order valence-corrected chi connectivity index (χ0v) is 11.6. The fourth-order valence-corrected chi connectivity index (χ4v) is 2.83. The summed E-state index contributed by atoms with van der Waals surface area (Å²) in [5, 5.41) is 8.96. The van der Waals surface area contributed by atoms with Crippen molar-refractivity contribution in [2.24, 2.45) is 0 Å². The van der Waals surface area contributed by atoms with E-state index in [-0.39, 0.29) is 6.54 Å². The normalized spacial score (nSPS) is 18.2. The van der Waals surface area contributed by atoms with E-state index < -0.39 is 5.97 Å². The topological polar surface area (TPSA) is 49.8 Å². The second-order valence-electron chi connectivity index (χ2n) is 4.99. The summed E-state index contributed by atoms with van der Waals surface area (Å²) in [6, 6.07) is 6.52. The highest BCUT2D eigenvalue weighted by molar-refractivity contribution is 5.69. The van der Waals surface area contributed by atoms with Crippen molar-refractivity contribution in [3.05, 3.63) is 29.3 Å². The second-order valence-corrected chi connectivity index (χ2v) is 4.99. The second kappa shape index (κ2) is 6.06. The zero-order valence-electron chi connectivity index (χ0n) is 11.6. The first-order valence-corrected chi connectivity index (χ1v) is 6.75. The number of nitrogens with zero attached hydrogens (tertiary/aromatic N) is 1. The van der Waals surface area contributed by atoms with Crippen molar-refractivity contribution >= 4 is 5.97 Å². The number of carbonyl (C=O) groups is 1. The van der Waals surface area contributed by atoms with Crippen LogP contribution in [0.15, 0.2) is 18.2 Å². The molecule has 0 bridgehead atoms. The Labute approximate surface area is 114 Å². The monoisotopic (exact) mass is 263 g/mol. The molecule has 104 valence electrons. The van der Waals surface area contributed by atoms with Crippen LogP contribution in [0.2, 0.25) is 0 Å². The van der Waals surface area contributed by atoms with E-state index in [1.165, 1.54) is 11.1 Å². The molecule has 1 aliphatic rings. The molecule has 1 N–H and O–H groups in total. The molecule has 0 saturated heterocycles. The highest BCUT2D eigenvalue weighted by atomic mass is 16.5. The van der Waals surface area contributed by atoms with Gasteiger partial charge in [-0.2, -0.15) is 0 Å². The molecule has 1 aliphatic carbocycles. The van der Waals surface area contributed by atoms with Crippen LogP contribution in [0.25, 0.3) is 0 Å². The van der Waals surface area contributed by atoms with Crippen LogP contribution in [0.4, 0.5) is 0 Å². The molecule has 4 nitrogen and oxygen atoms in total. The number of carboxylic acids is 1. The number of ether oxygens (including phenoxy) is 1. The van der Waals surface area contributed by atoms with Gasteiger partial charge in [0.15, 0.2) is 0 Å². The van der Waals surface area contributed by atoms with Gasteiger partial charge in [-0.25, -0.2) is 0 Å². The van der Waals surface area contributed by atoms with E-state index >= 15 is 0 Å². The molecule has 0 saturated carbocycles. The number of benzene rings is 1. The lowest BCUT2D eigenvalue weighted by Crippen LogP contribution is -2.42. The van der Waals surface area contributed by atoms with Crippen LogP contribution in [0.1, 0.15) is 24.5 Å². The largest absolute Gasteiger partial charge is 0.497 e. The van der Waals surface area contributed by atoms with Crippen LogP contribution in [0.3, 0.4) is 0 Å². The SMILES string of the molecule is CCN(CC(=O)O)C1CCc2ccc(OC)cc2C1. The number of carboxylic acid groups (broad SMARTS) is 1. The molecular formula is C15H21NO3. The number of methoxy groups -OCH3 is 1. The van der Waals surface area contributed by atoms with Gasteiger partial charge in [-0.05, 0) is 49.1 Å². The summed E-state index contributed by atoms with van der Waals surface area (Å²) < 4.78 is 5.26. The van der Waals surface area contributed by atoms with Crippen molar-refractivity contribution in [3.8, 4) is 5.75 Å². The summed E-state index contributed by atoms with van der Waals surface area (Å²) in [7, 11) is 1.67. The Morgan fingerprint density at radius 1 is 1.47 bits per heavy atom. The van der Waals surface area contributed by atoms with E-state index in [0.29, 0.717) is 6.04 Å². The first-order valence-electron chi connectivity index (χ1n) is 6.75. The lowest BCUT2D eigenvalue weighted by atomic mass is 9.87. The van der Waals surface area contributed by atoms with Crippen molar-refractivity contribution < 1.29 is 14.6 Å². The highest BCUT2D eigenvalue weighted by Gasteiger charge is 2.24. The number of aliphatic carboxylic acids is 1. The molecule has 19 heavy (non-hydrogen) atoms. The van der Waals surface area contributed by atoms with E-state index in [1.807, 2.05) is 17.9 Å². The van der Waals surface area contributed by atoms with Crippen molar-refractivity contribution in [1.29, 1.82) is 0 Å². The molecule has 0 radical (unpaired) electrons. The lowest BCUT2D eigenvalue weighted by molar-refractivity contribution is -0.138. The van der Waals surface area contributed by atoms with E-state index in [1.54, 1.807) is 7.11 Å². The Hall–Kier alpha value is -1.55. The number of rotatable bonds is 5. The first-order chi connectivity index (χ1) is 9.13. The van der Waals surface area contributed by atoms with Crippen LogP contribution in [-0.4, -0.2) is 42.2 Å². The third kappa shape index (κ3) is 3.26. The standard InChI is InChI=1S/C15H21NO3/c1-3-16(10-15(17)18)13-6-4-11-5-7-14(19-2)9-12(11)8-13/h5,7,9,13H,3-4,6,8,10H2,1-2H3,(H,17,18). The van der Waals surface area contributed by atoms with Crippen LogP contribution in [0, 0.1) is 0 Å². The molecule has 1 aromatic rings. The number of hydrogen-bond acceptors (Lipinski definition) is 3. The Morgan fingerprint density at radius 3 is 2.89 bits per heavy atom. The van der Waals surface area contributed by atoms with Crippen molar-refractivity contribution in [3.63, 3.8) is 0 Å². The number of likely N-dealkylation sites (N-methyl/N-ethyl adjacent to an activating group) is 1. The number of fused-ring (bicyclic) bond motifs is 1. The molecule has 4 heteroatoms. The fraction of sp³-hybridized carbons (Fsp3) is 0.533. The minimum atomic E-state index is -0.752. The van der Waals surface area contributed by atoms with E-state index in [2.05, 4.69) is 12.1 Å².